The summed E-state index contributed by atoms with van der Waals surface area (Å²) in [7, 11) is 0. The molecule has 0 unspecified atom stereocenters. The molecule has 0 radical (unpaired) electrons. The molecule has 2 amide bonds. The first-order valence-electron chi connectivity index (χ1n) is 10.5. The van der Waals surface area contributed by atoms with Crippen LogP contribution in [-0.2, 0) is 14.4 Å². The van der Waals surface area contributed by atoms with Crippen LogP contribution in [0.25, 0.3) is 0 Å². The summed E-state index contributed by atoms with van der Waals surface area (Å²) in [6.07, 6.45) is -0.907. The fourth-order valence-corrected chi connectivity index (χ4v) is 4.45. The molecule has 2 saturated heterocycles. The Morgan fingerprint density at radius 2 is 1.56 bits per heavy atom. The Morgan fingerprint density at radius 3 is 2.22 bits per heavy atom. The zero-order valence-electron chi connectivity index (χ0n) is 17.4. The first-order chi connectivity index (χ1) is 15.6. The lowest BCUT2D eigenvalue weighted by molar-refractivity contribution is -0.126. The Labute approximate surface area is 190 Å². The molecule has 0 spiro atoms. The third-order valence-corrected chi connectivity index (χ3v) is 6.00. The van der Waals surface area contributed by atoms with Crippen LogP contribution in [0.4, 0.5) is 11.4 Å². The molecule has 7 heteroatoms. The van der Waals surface area contributed by atoms with Gasteiger partial charge in [-0.1, -0.05) is 41.9 Å². The smallest absolute Gasteiger partial charge is 0.266 e. The number of para-hydroxylation sites is 1. The van der Waals surface area contributed by atoms with Crippen molar-refractivity contribution in [3.05, 3.63) is 89.4 Å². The Kier molecular flexibility index (Phi) is 5.33. The summed E-state index contributed by atoms with van der Waals surface area (Å²) < 4.78 is 5.56. The molecule has 0 aromatic heterocycles. The van der Waals surface area contributed by atoms with E-state index in [1.54, 1.807) is 29.3 Å². The first-order valence-corrected chi connectivity index (χ1v) is 10.8. The molecule has 0 saturated carbocycles. The van der Waals surface area contributed by atoms with Crippen molar-refractivity contribution in [1.29, 1.82) is 0 Å². The van der Waals surface area contributed by atoms with Gasteiger partial charge in [0, 0.05) is 5.02 Å². The molecule has 162 valence electrons. The first kappa shape index (κ1) is 20.5. The van der Waals surface area contributed by atoms with E-state index in [4.69, 9.17) is 21.2 Å². The number of hydrogen-bond donors (Lipinski definition) is 0. The molecular formula is C25H21ClN2O4. The van der Waals surface area contributed by atoms with Crippen LogP contribution in [0.2, 0.25) is 5.02 Å². The Bertz CT molecular complexity index is 1130. The highest BCUT2D eigenvalue weighted by molar-refractivity contribution is 6.31. The topological polar surface area (TPSA) is 59.1 Å². The summed E-state index contributed by atoms with van der Waals surface area (Å²) in [6.45, 7) is 2.49. The average Bonchev–Trinajstić information content (AvgIpc) is 3.32. The Hall–Kier alpha value is -3.35. The molecule has 3 aromatic rings. The maximum atomic E-state index is 13.6. The normalized spacial score (nSPS) is 22.4. The zero-order chi connectivity index (χ0) is 22.2. The Balaban J connectivity index is 1.55. The van der Waals surface area contributed by atoms with Gasteiger partial charge in [0.2, 0.25) is 5.91 Å². The van der Waals surface area contributed by atoms with Crippen molar-refractivity contribution in [2.45, 2.75) is 19.1 Å². The van der Waals surface area contributed by atoms with Crippen molar-refractivity contribution in [3.8, 4) is 5.75 Å². The minimum absolute atomic E-state index is 0.292. The molecule has 2 fully saturated rings. The molecule has 2 heterocycles. The van der Waals surface area contributed by atoms with Crippen molar-refractivity contribution in [1.82, 2.24) is 0 Å². The molecule has 3 atom stereocenters. The summed E-state index contributed by atoms with van der Waals surface area (Å²) in [5.41, 5.74) is 2.13. The maximum absolute atomic E-state index is 13.6. The second-order valence-corrected chi connectivity index (χ2v) is 8.08. The van der Waals surface area contributed by atoms with E-state index in [2.05, 4.69) is 0 Å². The van der Waals surface area contributed by atoms with E-state index < -0.39 is 18.1 Å². The molecule has 0 aliphatic carbocycles. The quantitative estimate of drug-likeness (QED) is 0.525. The van der Waals surface area contributed by atoms with Gasteiger partial charge in [0.15, 0.2) is 6.10 Å². The average molecular weight is 449 g/mol. The van der Waals surface area contributed by atoms with E-state index in [1.807, 2.05) is 61.5 Å². The number of amides is 2. The van der Waals surface area contributed by atoms with Crippen LogP contribution in [0, 0.1) is 5.92 Å². The van der Waals surface area contributed by atoms with Gasteiger partial charge in [-0.25, -0.2) is 9.96 Å². The van der Waals surface area contributed by atoms with Crippen LogP contribution in [0.3, 0.4) is 0 Å². The number of fused-ring (bicyclic) bond motifs is 1. The number of hydrogen-bond acceptors (Lipinski definition) is 5. The number of hydroxylamine groups is 1. The van der Waals surface area contributed by atoms with Crippen molar-refractivity contribution < 1.29 is 19.2 Å². The summed E-state index contributed by atoms with van der Waals surface area (Å²) >= 11 is 5.98. The highest BCUT2D eigenvalue weighted by Gasteiger charge is 2.60. The van der Waals surface area contributed by atoms with Crippen LogP contribution >= 0.6 is 11.6 Å². The molecule has 32 heavy (non-hydrogen) atoms. The standard InChI is InChI=1S/C25H21ClN2O4/c1-2-31-20-14-8-16(9-15-20)22-21-23(32-28(22)19-6-4-3-5-7-19)25(30)27(24(21)29)18-12-10-17(26)11-13-18/h3-15,21-23H,2H2,1H3/t21-,22+,23-/m0/s1. The van der Waals surface area contributed by atoms with Crippen LogP contribution < -0.4 is 14.7 Å². The van der Waals surface area contributed by atoms with E-state index in [9.17, 15) is 9.59 Å². The molecule has 2 aliphatic rings. The van der Waals surface area contributed by atoms with E-state index in [0.717, 1.165) is 17.0 Å². The summed E-state index contributed by atoms with van der Waals surface area (Å²) in [5.74, 6) is -0.609. The van der Waals surface area contributed by atoms with E-state index in [1.165, 1.54) is 4.90 Å². The number of rotatable bonds is 5. The summed E-state index contributed by atoms with van der Waals surface area (Å²) in [4.78, 5) is 34.2. The second-order valence-electron chi connectivity index (χ2n) is 7.65. The van der Waals surface area contributed by atoms with Gasteiger partial charge in [0.05, 0.1) is 24.0 Å². The number of nitrogens with zero attached hydrogens (tertiary/aromatic N) is 2. The van der Waals surface area contributed by atoms with E-state index in [0.29, 0.717) is 17.3 Å². The van der Waals surface area contributed by atoms with Gasteiger partial charge >= 0.3 is 0 Å². The predicted octanol–water partition coefficient (Wildman–Crippen LogP) is 4.79. The molecule has 2 aliphatic heterocycles. The van der Waals surface area contributed by atoms with Crippen LogP contribution in [0.15, 0.2) is 78.9 Å². The zero-order valence-corrected chi connectivity index (χ0v) is 18.1. The van der Waals surface area contributed by atoms with Gasteiger partial charge in [0.1, 0.15) is 11.7 Å². The number of carbonyl (C=O) groups is 2. The number of halogens is 1. The van der Waals surface area contributed by atoms with Gasteiger partial charge in [-0.15, -0.1) is 0 Å². The molecule has 3 aromatic carbocycles. The maximum Gasteiger partial charge on any atom is 0.266 e. The van der Waals surface area contributed by atoms with Gasteiger partial charge in [-0.3, -0.25) is 14.4 Å². The van der Waals surface area contributed by atoms with Crippen molar-refractivity contribution in [2.75, 3.05) is 16.6 Å². The van der Waals surface area contributed by atoms with Gasteiger partial charge in [0.25, 0.3) is 5.91 Å². The molecule has 5 rings (SSSR count). The second kappa shape index (κ2) is 8.30. The monoisotopic (exact) mass is 448 g/mol. The Morgan fingerprint density at radius 1 is 0.875 bits per heavy atom. The van der Waals surface area contributed by atoms with Crippen molar-refractivity contribution in [2.24, 2.45) is 5.92 Å². The summed E-state index contributed by atoms with van der Waals surface area (Å²) in [5, 5.41) is 2.21. The SMILES string of the molecule is CCOc1ccc([C@@H]2[C@@H]3C(=O)N(c4ccc(Cl)cc4)C(=O)[C@H]3ON2c2ccccc2)cc1. The third-order valence-electron chi connectivity index (χ3n) is 5.74. The number of anilines is 2. The number of benzene rings is 3. The highest BCUT2D eigenvalue weighted by Crippen LogP contribution is 2.47. The number of ether oxygens (including phenoxy) is 1. The van der Waals surface area contributed by atoms with Gasteiger partial charge in [-0.05, 0) is 61.0 Å². The minimum atomic E-state index is -0.907. The molecule has 0 bridgehead atoms. The summed E-state index contributed by atoms with van der Waals surface area (Å²) in [6, 6.07) is 23.2. The predicted molar refractivity (Wildman–Crippen MR) is 122 cm³/mol. The fraction of sp³-hybridized carbons (Fsp3) is 0.200. The lowest BCUT2D eigenvalue weighted by atomic mass is 9.90. The van der Waals surface area contributed by atoms with E-state index >= 15 is 0 Å². The van der Waals surface area contributed by atoms with Crippen molar-refractivity contribution in [3.63, 3.8) is 0 Å². The fourth-order valence-electron chi connectivity index (χ4n) is 4.32. The molecular weight excluding hydrogens is 428 g/mol. The van der Waals surface area contributed by atoms with E-state index in [-0.39, 0.29) is 11.8 Å². The minimum Gasteiger partial charge on any atom is -0.494 e. The van der Waals surface area contributed by atoms with Crippen molar-refractivity contribution >= 4 is 34.8 Å². The van der Waals surface area contributed by atoms with Crippen LogP contribution in [-0.4, -0.2) is 24.5 Å². The highest BCUT2D eigenvalue weighted by atomic mass is 35.5. The van der Waals surface area contributed by atoms with Gasteiger partial charge in [-0.2, -0.15) is 0 Å². The lowest BCUT2D eigenvalue weighted by Crippen LogP contribution is -2.37. The molecule has 0 N–H and O–H groups in total. The molecule has 6 nitrogen and oxygen atoms in total. The van der Waals surface area contributed by atoms with Crippen LogP contribution in [0.5, 0.6) is 5.75 Å². The lowest BCUT2D eigenvalue weighted by Gasteiger charge is -2.28. The van der Waals surface area contributed by atoms with Gasteiger partial charge < -0.3 is 4.74 Å². The number of carbonyl (C=O) groups excluding carboxylic acids is 2. The number of imide groups is 1. The van der Waals surface area contributed by atoms with Crippen LogP contribution in [0.1, 0.15) is 18.5 Å². The third kappa shape index (κ3) is 3.42. The largest absolute Gasteiger partial charge is 0.494 e.